The first-order chi connectivity index (χ1) is 14.8. The molecule has 1 N–H and O–H groups in total. The van der Waals surface area contributed by atoms with Gasteiger partial charge in [-0.2, -0.15) is 4.31 Å². The Labute approximate surface area is 184 Å². The zero-order valence-corrected chi connectivity index (χ0v) is 18.8. The van der Waals surface area contributed by atoms with Crippen molar-refractivity contribution >= 4 is 43.2 Å². The van der Waals surface area contributed by atoms with Gasteiger partial charge in [-0.1, -0.05) is 11.3 Å². The second-order valence-corrected chi connectivity index (χ2v) is 10.2. The maximum Gasteiger partial charge on any atom is 0.274 e. The van der Waals surface area contributed by atoms with Crippen LogP contribution >= 0.6 is 11.3 Å². The minimum absolute atomic E-state index is 0.0870. The van der Waals surface area contributed by atoms with Crippen molar-refractivity contribution in [2.75, 3.05) is 25.5 Å². The number of hydrogen-bond donors (Lipinski definition) is 1. The molecular formula is C21H23N3O5S2. The van der Waals surface area contributed by atoms with E-state index >= 15 is 0 Å². The zero-order chi connectivity index (χ0) is 22.0. The van der Waals surface area contributed by atoms with Crippen LogP contribution in [-0.2, 0) is 14.8 Å². The van der Waals surface area contributed by atoms with E-state index in [9.17, 15) is 13.2 Å². The second kappa shape index (κ2) is 8.81. The molecule has 8 nitrogen and oxygen atoms in total. The van der Waals surface area contributed by atoms with Gasteiger partial charge in [-0.3, -0.25) is 4.79 Å². The molecule has 4 rings (SSSR count). The quantitative estimate of drug-likeness (QED) is 0.603. The van der Waals surface area contributed by atoms with E-state index in [-0.39, 0.29) is 16.9 Å². The molecule has 0 aliphatic carbocycles. The fraction of sp³-hybridized carbons (Fsp3) is 0.333. The molecule has 0 atom stereocenters. The Morgan fingerprint density at radius 2 is 1.87 bits per heavy atom. The van der Waals surface area contributed by atoms with Crippen LogP contribution in [0.3, 0.4) is 0 Å². The van der Waals surface area contributed by atoms with Gasteiger partial charge in [-0.05, 0) is 49.2 Å². The highest BCUT2D eigenvalue weighted by Gasteiger charge is 2.30. The first-order valence-corrected chi connectivity index (χ1v) is 12.1. The summed E-state index contributed by atoms with van der Waals surface area (Å²) in [5.41, 5.74) is 1.38. The van der Waals surface area contributed by atoms with Crippen molar-refractivity contribution in [3.8, 4) is 10.9 Å². The summed E-state index contributed by atoms with van der Waals surface area (Å²) in [6.07, 6.45) is 1.08. The van der Waals surface area contributed by atoms with Gasteiger partial charge in [0.2, 0.25) is 15.9 Å². The Hall–Kier alpha value is -2.69. The Morgan fingerprint density at radius 3 is 2.52 bits per heavy atom. The van der Waals surface area contributed by atoms with Crippen molar-refractivity contribution in [3.63, 3.8) is 0 Å². The predicted octanol–water partition coefficient (Wildman–Crippen LogP) is 3.50. The zero-order valence-electron chi connectivity index (χ0n) is 17.2. The summed E-state index contributed by atoms with van der Waals surface area (Å²) in [6.45, 7) is 2.15. The lowest BCUT2D eigenvalue weighted by Gasteiger charge is -2.30. The summed E-state index contributed by atoms with van der Waals surface area (Å²) in [5, 5.41) is 3.21. The van der Waals surface area contributed by atoms with Crippen molar-refractivity contribution in [1.29, 1.82) is 0 Å². The third-order valence-corrected chi connectivity index (χ3v) is 7.90. The summed E-state index contributed by atoms with van der Waals surface area (Å²) in [7, 11) is -1.98. The number of anilines is 1. The van der Waals surface area contributed by atoms with Gasteiger partial charge in [0.25, 0.3) is 5.19 Å². The van der Waals surface area contributed by atoms with Crippen LogP contribution in [0.1, 0.15) is 19.8 Å². The maximum atomic E-state index is 12.9. The summed E-state index contributed by atoms with van der Waals surface area (Å²) >= 11 is 1.47. The number of carbonyl (C=O) groups excluding carboxylic acids is 1. The number of aromatic nitrogens is 1. The molecule has 1 amide bonds. The molecule has 0 bridgehead atoms. The summed E-state index contributed by atoms with van der Waals surface area (Å²) < 4.78 is 39.6. The molecule has 0 radical (unpaired) electrons. The number of nitrogens with zero attached hydrogens (tertiary/aromatic N) is 2. The van der Waals surface area contributed by atoms with Gasteiger partial charge >= 0.3 is 0 Å². The monoisotopic (exact) mass is 461 g/mol. The number of sulfonamides is 1. The number of hydrogen-bond acceptors (Lipinski definition) is 7. The van der Waals surface area contributed by atoms with Crippen molar-refractivity contribution in [1.82, 2.24) is 9.29 Å². The number of piperidine rings is 1. The van der Waals surface area contributed by atoms with Crippen LogP contribution in [0.2, 0.25) is 0 Å². The van der Waals surface area contributed by atoms with Gasteiger partial charge in [0.05, 0.1) is 22.2 Å². The van der Waals surface area contributed by atoms with Crippen LogP contribution in [0.25, 0.3) is 10.2 Å². The number of ether oxygens (including phenoxy) is 2. The molecule has 0 saturated carbocycles. The Bertz CT molecular complexity index is 1180. The molecule has 3 aromatic rings. The van der Waals surface area contributed by atoms with Crippen molar-refractivity contribution in [2.45, 2.75) is 30.8 Å². The Morgan fingerprint density at radius 1 is 1.16 bits per heavy atom. The van der Waals surface area contributed by atoms with Crippen molar-refractivity contribution < 1.29 is 22.7 Å². The standard InChI is InChI=1S/C21H23N3O5S2/c1-14(25)22-15-3-6-18(7-4-15)31(26,27)24-11-9-16(10-12-24)29-21-23-19-13-17(28-2)5-8-20(19)30-21/h3-8,13,16H,9-12H2,1-2H3,(H,22,25). The molecular weight excluding hydrogens is 438 g/mol. The fourth-order valence-corrected chi connectivity index (χ4v) is 5.79. The third kappa shape index (κ3) is 4.81. The second-order valence-electron chi connectivity index (χ2n) is 7.24. The number of fused-ring (bicyclic) bond motifs is 1. The van der Waals surface area contributed by atoms with Gasteiger partial charge in [-0.15, -0.1) is 0 Å². The number of amides is 1. The van der Waals surface area contributed by atoms with E-state index in [1.54, 1.807) is 19.2 Å². The maximum absolute atomic E-state index is 12.9. The minimum atomic E-state index is -3.59. The summed E-state index contributed by atoms with van der Waals surface area (Å²) in [4.78, 5) is 15.8. The molecule has 164 valence electrons. The lowest BCUT2D eigenvalue weighted by Crippen LogP contribution is -2.41. The number of benzene rings is 2. The number of rotatable bonds is 6. The van der Waals surface area contributed by atoms with E-state index in [1.165, 1.54) is 34.7 Å². The number of nitrogens with one attached hydrogen (secondary N) is 1. The molecule has 31 heavy (non-hydrogen) atoms. The van der Waals surface area contributed by atoms with Crippen molar-refractivity contribution in [3.05, 3.63) is 42.5 Å². The predicted molar refractivity (Wildman–Crippen MR) is 119 cm³/mol. The third-order valence-electron chi connectivity index (χ3n) is 5.06. The smallest absolute Gasteiger partial charge is 0.274 e. The Balaban J connectivity index is 1.38. The van der Waals surface area contributed by atoms with Crippen LogP contribution in [0, 0.1) is 0 Å². The first kappa shape index (κ1) is 21.5. The lowest BCUT2D eigenvalue weighted by molar-refractivity contribution is -0.114. The van der Waals surface area contributed by atoms with E-state index in [0.717, 1.165) is 16.0 Å². The van der Waals surface area contributed by atoms with Gasteiger partial charge in [0.15, 0.2) is 0 Å². The molecule has 1 aliphatic rings. The van der Waals surface area contributed by atoms with E-state index in [4.69, 9.17) is 9.47 Å². The first-order valence-electron chi connectivity index (χ1n) is 9.84. The number of thiazole rings is 1. The van der Waals surface area contributed by atoms with Crippen molar-refractivity contribution in [2.24, 2.45) is 0 Å². The van der Waals surface area contributed by atoms with E-state index in [2.05, 4.69) is 10.3 Å². The average molecular weight is 462 g/mol. The summed E-state index contributed by atoms with van der Waals surface area (Å²) in [6, 6.07) is 11.9. The van der Waals surface area contributed by atoms with Crippen LogP contribution in [0.15, 0.2) is 47.4 Å². The molecule has 0 unspecified atom stereocenters. The fourth-order valence-electron chi connectivity index (χ4n) is 3.46. The van der Waals surface area contributed by atoms with Crippen LogP contribution in [0.5, 0.6) is 10.9 Å². The lowest BCUT2D eigenvalue weighted by atomic mass is 10.1. The van der Waals surface area contributed by atoms with Crippen LogP contribution in [0.4, 0.5) is 5.69 Å². The van der Waals surface area contributed by atoms with E-state index in [1.807, 2.05) is 18.2 Å². The topological polar surface area (TPSA) is 97.8 Å². The summed E-state index contributed by atoms with van der Waals surface area (Å²) in [5.74, 6) is 0.540. The molecule has 0 spiro atoms. The molecule has 10 heteroatoms. The van der Waals surface area contributed by atoms with Crippen LogP contribution in [-0.4, -0.2) is 49.9 Å². The molecule has 1 fully saturated rings. The SMILES string of the molecule is COc1ccc2sc(OC3CCN(S(=O)(=O)c4ccc(NC(C)=O)cc4)CC3)nc2c1. The van der Waals surface area contributed by atoms with Gasteiger partial charge in [-0.25, -0.2) is 13.4 Å². The molecule has 1 aromatic heterocycles. The molecule has 2 aromatic carbocycles. The van der Waals surface area contributed by atoms with E-state index < -0.39 is 10.0 Å². The number of methoxy groups -OCH3 is 1. The highest BCUT2D eigenvalue weighted by atomic mass is 32.2. The highest BCUT2D eigenvalue weighted by molar-refractivity contribution is 7.89. The average Bonchev–Trinajstić information content (AvgIpc) is 3.15. The van der Waals surface area contributed by atoms with Gasteiger partial charge < -0.3 is 14.8 Å². The Kier molecular flexibility index (Phi) is 6.12. The molecule has 1 aliphatic heterocycles. The molecule has 1 saturated heterocycles. The number of carbonyl (C=O) groups is 1. The van der Waals surface area contributed by atoms with Crippen LogP contribution < -0.4 is 14.8 Å². The van der Waals surface area contributed by atoms with Gasteiger partial charge in [0.1, 0.15) is 11.9 Å². The van der Waals surface area contributed by atoms with Gasteiger partial charge in [0, 0.05) is 31.8 Å². The largest absolute Gasteiger partial charge is 0.497 e. The highest BCUT2D eigenvalue weighted by Crippen LogP contribution is 2.32. The normalized spacial score (nSPS) is 15.7. The van der Waals surface area contributed by atoms with E-state index in [0.29, 0.717) is 36.8 Å². The minimum Gasteiger partial charge on any atom is -0.497 e. The molecule has 2 heterocycles.